The van der Waals surface area contributed by atoms with E-state index >= 15 is 0 Å². The number of nitrogens with one attached hydrogen (secondary N) is 1. The first-order chi connectivity index (χ1) is 18.1. The Morgan fingerprint density at radius 2 is 1.51 bits per heavy atom. The van der Waals surface area contributed by atoms with Crippen LogP contribution < -0.4 is 10.2 Å². The highest BCUT2D eigenvalue weighted by Crippen LogP contribution is 2.31. The number of anilines is 3. The normalized spacial score (nSPS) is 14.3. The molecule has 37 heavy (non-hydrogen) atoms. The maximum absolute atomic E-state index is 5.06. The van der Waals surface area contributed by atoms with Crippen molar-refractivity contribution in [1.29, 1.82) is 0 Å². The smallest absolute Gasteiger partial charge is 0.229 e. The lowest BCUT2D eigenvalue weighted by Gasteiger charge is -2.32. The van der Waals surface area contributed by atoms with Crippen molar-refractivity contribution in [1.82, 2.24) is 19.7 Å². The van der Waals surface area contributed by atoms with Gasteiger partial charge in [0.2, 0.25) is 5.95 Å². The fourth-order valence-corrected chi connectivity index (χ4v) is 5.36. The Labute approximate surface area is 218 Å². The van der Waals surface area contributed by atoms with Crippen LogP contribution in [0.4, 0.5) is 17.5 Å². The van der Waals surface area contributed by atoms with Gasteiger partial charge in [0.25, 0.3) is 0 Å². The Hall–Kier alpha value is -4.19. The highest BCUT2D eigenvalue weighted by molar-refractivity contribution is 5.90. The van der Waals surface area contributed by atoms with E-state index in [1.807, 2.05) is 29.1 Å². The fourth-order valence-electron chi connectivity index (χ4n) is 5.36. The quantitative estimate of drug-likeness (QED) is 0.290. The molecule has 6 rings (SSSR count). The number of rotatable bonds is 6. The monoisotopic (exact) mass is 488 g/mol. The summed E-state index contributed by atoms with van der Waals surface area (Å²) in [6.45, 7) is 6.13. The van der Waals surface area contributed by atoms with E-state index < -0.39 is 0 Å². The second-order valence-corrected chi connectivity index (χ2v) is 10.1. The van der Waals surface area contributed by atoms with E-state index in [-0.39, 0.29) is 0 Å². The first-order valence-corrected chi connectivity index (χ1v) is 13.1. The van der Waals surface area contributed by atoms with Gasteiger partial charge in [-0.1, -0.05) is 54.6 Å². The molecule has 6 heteroatoms. The van der Waals surface area contributed by atoms with Gasteiger partial charge in [0.15, 0.2) is 5.65 Å². The molecular weight excluding hydrogens is 456 g/mol. The molecule has 5 aromatic rings. The Morgan fingerprint density at radius 1 is 0.838 bits per heavy atom. The topological polar surface area (TPSA) is 58.9 Å². The highest BCUT2D eigenvalue weighted by atomic mass is 15.3. The average molecular weight is 489 g/mol. The first kappa shape index (κ1) is 23.2. The second kappa shape index (κ2) is 10.1. The molecule has 0 radical (unpaired) electrons. The molecule has 3 heterocycles. The van der Waals surface area contributed by atoms with E-state index in [1.165, 1.54) is 16.7 Å². The zero-order valence-electron chi connectivity index (χ0n) is 21.4. The summed E-state index contributed by atoms with van der Waals surface area (Å²) >= 11 is 0. The van der Waals surface area contributed by atoms with Crippen molar-refractivity contribution in [3.05, 3.63) is 102 Å². The highest BCUT2D eigenvalue weighted by Gasteiger charge is 2.24. The van der Waals surface area contributed by atoms with Gasteiger partial charge < -0.3 is 10.2 Å². The molecule has 0 atom stereocenters. The van der Waals surface area contributed by atoms with Gasteiger partial charge >= 0.3 is 0 Å². The van der Waals surface area contributed by atoms with Gasteiger partial charge in [-0.2, -0.15) is 15.1 Å². The third-order valence-electron chi connectivity index (χ3n) is 7.17. The van der Waals surface area contributed by atoms with Gasteiger partial charge in [-0.3, -0.25) is 0 Å². The van der Waals surface area contributed by atoms with Crippen LogP contribution in [0.1, 0.15) is 29.5 Å². The number of piperidine rings is 1. The third kappa shape index (κ3) is 5.05. The van der Waals surface area contributed by atoms with E-state index in [9.17, 15) is 0 Å². The number of aromatic nitrogens is 4. The SMILES string of the molecule is Cc1cc(C)cc(Nc2nc(N3CCC(Cc4ccccc4)CC3)nc3c2cnn3-c2ccccc2)c1. The summed E-state index contributed by atoms with van der Waals surface area (Å²) in [6, 6.07) is 27.5. The Morgan fingerprint density at radius 3 is 2.22 bits per heavy atom. The largest absolute Gasteiger partial charge is 0.341 e. The molecule has 0 spiro atoms. The Bertz CT molecular complexity index is 1480. The zero-order valence-corrected chi connectivity index (χ0v) is 21.4. The van der Waals surface area contributed by atoms with Crippen LogP contribution in [-0.2, 0) is 6.42 Å². The molecule has 1 fully saturated rings. The van der Waals surface area contributed by atoms with Crippen LogP contribution in [0, 0.1) is 19.8 Å². The molecule has 1 aliphatic heterocycles. The molecular formula is C31H32N6. The number of aryl methyl sites for hydroxylation is 2. The minimum absolute atomic E-state index is 0.685. The summed E-state index contributed by atoms with van der Waals surface area (Å²) in [6.07, 6.45) is 5.26. The molecule has 3 aromatic carbocycles. The summed E-state index contributed by atoms with van der Waals surface area (Å²) in [5, 5.41) is 9.20. The summed E-state index contributed by atoms with van der Waals surface area (Å²) in [5.74, 6) is 2.24. The minimum atomic E-state index is 0.685. The van der Waals surface area contributed by atoms with Crippen LogP contribution in [0.15, 0.2) is 85.1 Å². The van der Waals surface area contributed by atoms with Crippen LogP contribution in [0.2, 0.25) is 0 Å². The van der Waals surface area contributed by atoms with Gasteiger partial charge in [-0.15, -0.1) is 0 Å². The van der Waals surface area contributed by atoms with E-state index in [1.54, 1.807) is 0 Å². The van der Waals surface area contributed by atoms with Crippen molar-refractivity contribution in [2.75, 3.05) is 23.3 Å². The number of hydrogen-bond acceptors (Lipinski definition) is 5. The zero-order chi connectivity index (χ0) is 25.2. The lowest BCUT2D eigenvalue weighted by atomic mass is 9.90. The Kier molecular flexibility index (Phi) is 6.31. The lowest BCUT2D eigenvalue weighted by Crippen LogP contribution is -2.35. The number of fused-ring (bicyclic) bond motifs is 1. The van der Waals surface area contributed by atoms with E-state index in [2.05, 4.69) is 84.7 Å². The van der Waals surface area contributed by atoms with Gasteiger partial charge in [0.1, 0.15) is 5.82 Å². The molecule has 0 aliphatic carbocycles. The van der Waals surface area contributed by atoms with Crippen molar-refractivity contribution in [2.24, 2.45) is 5.92 Å². The molecule has 0 saturated carbocycles. The number of nitrogens with zero attached hydrogens (tertiary/aromatic N) is 5. The summed E-state index contributed by atoms with van der Waals surface area (Å²) in [5.41, 5.74) is 6.68. The van der Waals surface area contributed by atoms with Crippen LogP contribution in [0.3, 0.4) is 0 Å². The molecule has 186 valence electrons. The van der Waals surface area contributed by atoms with Crippen LogP contribution in [0.5, 0.6) is 0 Å². The van der Waals surface area contributed by atoms with Gasteiger partial charge in [0.05, 0.1) is 17.3 Å². The lowest BCUT2D eigenvalue weighted by molar-refractivity contribution is 0.401. The molecule has 0 bridgehead atoms. The molecule has 1 N–H and O–H groups in total. The van der Waals surface area contributed by atoms with E-state index in [4.69, 9.17) is 15.1 Å². The molecule has 1 saturated heterocycles. The molecule has 0 amide bonds. The summed E-state index contributed by atoms with van der Waals surface area (Å²) < 4.78 is 1.91. The second-order valence-electron chi connectivity index (χ2n) is 10.1. The standard InChI is InChI=1S/C31H32N6/c1-22-17-23(2)19-26(18-22)33-29-28-21-32-37(27-11-7-4-8-12-27)30(28)35-31(34-29)36-15-13-25(14-16-36)20-24-9-5-3-6-10-24/h3-12,17-19,21,25H,13-16,20H2,1-2H3,(H,33,34,35). The number of benzene rings is 3. The Balaban J connectivity index is 1.33. The van der Waals surface area contributed by atoms with Crippen molar-refractivity contribution < 1.29 is 0 Å². The molecule has 6 nitrogen and oxygen atoms in total. The maximum Gasteiger partial charge on any atom is 0.229 e. The van der Waals surface area contributed by atoms with Crippen molar-refractivity contribution in [3.8, 4) is 5.69 Å². The predicted octanol–water partition coefficient (Wildman–Crippen LogP) is 6.64. The van der Waals surface area contributed by atoms with Gasteiger partial charge in [-0.25, -0.2) is 4.68 Å². The van der Waals surface area contributed by atoms with Crippen molar-refractivity contribution in [3.63, 3.8) is 0 Å². The van der Waals surface area contributed by atoms with Gasteiger partial charge in [0, 0.05) is 18.8 Å². The molecule has 1 aliphatic rings. The number of para-hydroxylation sites is 1. The predicted molar refractivity (Wildman–Crippen MR) is 151 cm³/mol. The minimum Gasteiger partial charge on any atom is -0.341 e. The van der Waals surface area contributed by atoms with Crippen molar-refractivity contribution >= 4 is 28.5 Å². The van der Waals surface area contributed by atoms with Crippen LogP contribution in [0.25, 0.3) is 16.7 Å². The average Bonchev–Trinajstić information content (AvgIpc) is 3.34. The molecule has 2 aromatic heterocycles. The summed E-state index contributed by atoms with van der Waals surface area (Å²) in [4.78, 5) is 12.4. The van der Waals surface area contributed by atoms with Crippen molar-refractivity contribution in [2.45, 2.75) is 33.1 Å². The van der Waals surface area contributed by atoms with E-state index in [0.717, 1.165) is 66.5 Å². The van der Waals surface area contributed by atoms with Gasteiger partial charge in [-0.05, 0) is 80.0 Å². The van der Waals surface area contributed by atoms with Crippen LogP contribution >= 0.6 is 0 Å². The number of hydrogen-bond donors (Lipinski definition) is 1. The maximum atomic E-state index is 5.06. The fraction of sp³-hybridized carbons (Fsp3) is 0.258. The molecule has 0 unspecified atom stereocenters. The van der Waals surface area contributed by atoms with E-state index in [0.29, 0.717) is 5.92 Å². The third-order valence-corrected chi connectivity index (χ3v) is 7.17. The summed E-state index contributed by atoms with van der Waals surface area (Å²) in [7, 11) is 0. The first-order valence-electron chi connectivity index (χ1n) is 13.1. The van der Waals surface area contributed by atoms with Crippen LogP contribution in [-0.4, -0.2) is 32.8 Å².